The van der Waals surface area contributed by atoms with Gasteiger partial charge < -0.3 is 10.4 Å². The zero-order valence-corrected chi connectivity index (χ0v) is 12.8. The minimum absolute atomic E-state index is 0.318. The molecule has 0 fully saturated rings. The first-order valence-corrected chi connectivity index (χ1v) is 7.06. The lowest BCUT2D eigenvalue weighted by Gasteiger charge is -2.08. The van der Waals surface area contributed by atoms with E-state index in [1.165, 1.54) is 29.6 Å². The molecule has 2 aromatic rings. The molecule has 116 valence electrons. The lowest BCUT2D eigenvalue weighted by molar-refractivity contribution is -0.140. The number of aromatic nitrogens is 2. The van der Waals surface area contributed by atoms with Gasteiger partial charge in [-0.25, -0.2) is 4.79 Å². The fraction of sp³-hybridized carbons (Fsp3) is 0.312. The standard InChI is InChI=1S/C16H19N3O3/c1-10(2)12-4-6-14(7-5-12)18-15(20)13-8-17-19(9-13)11(3)16(21)22/h4-11H,1-3H3,(H,18,20)(H,21,22). The Labute approximate surface area is 128 Å². The third-order valence-electron chi connectivity index (χ3n) is 3.45. The number of amides is 1. The minimum atomic E-state index is -1.00. The van der Waals surface area contributed by atoms with Gasteiger partial charge in [-0.1, -0.05) is 26.0 Å². The highest BCUT2D eigenvalue weighted by Crippen LogP contribution is 2.18. The molecule has 0 radical (unpaired) electrons. The maximum absolute atomic E-state index is 12.1. The van der Waals surface area contributed by atoms with Crippen molar-refractivity contribution in [1.29, 1.82) is 0 Å². The van der Waals surface area contributed by atoms with Crippen molar-refractivity contribution in [3.63, 3.8) is 0 Å². The molecule has 0 spiro atoms. The first kappa shape index (κ1) is 15.8. The van der Waals surface area contributed by atoms with Gasteiger partial charge in [0.25, 0.3) is 5.91 Å². The topological polar surface area (TPSA) is 84.2 Å². The number of hydrogen-bond donors (Lipinski definition) is 2. The van der Waals surface area contributed by atoms with Gasteiger partial charge in [0.1, 0.15) is 6.04 Å². The van der Waals surface area contributed by atoms with Crippen LogP contribution in [0.25, 0.3) is 0 Å². The number of carbonyl (C=O) groups is 2. The third kappa shape index (κ3) is 3.52. The van der Waals surface area contributed by atoms with E-state index < -0.39 is 12.0 Å². The Bertz CT molecular complexity index is 674. The highest BCUT2D eigenvalue weighted by atomic mass is 16.4. The van der Waals surface area contributed by atoms with E-state index in [4.69, 9.17) is 5.11 Å². The van der Waals surface area contributed by atoms with Crippen LogP contribution in [0.3, 0.4) is 0 Å². The molecule has 6 heteroatoms. The van der Waals surface area contributed by atoms with Gasteiger partial charge in [-0.15, -0.1) is 0 Å². The number of aliphatic carboxylic acids is 1. The van der Waals surface area contributed by atoms with Crippen LogP contribution >= 0.6 is 0 Å². The van der Waals surface area contributed by atoms with E-state index in [-0.39, 0.29) is 5.91 Å². The van der Waals surface area contributed by atoms with Gasteiger partial charge in [0.05, 0.1) is 11.8 Å². The van der Waals surface area contributed by atoms with Crippen molar-refractivity contribution in [1.82, 2.24) is 9.78 Å². The first-order chi connectivity index (χ1) is 10.4. The number of anilines is 1. The van der Waals surface area contributed by atoms with Crippen LogP contribution in [0.1, 0.15) is 48.7 Å². The Morgan fingerprint density at radius 2 is 1.82 bits per heavy atom. The molecule has 1 amide bonds. The molecule has 0 aliphatic heterocycles. The van der Waals surface area contributed by atoms with Crippen molar-refractivity contribution in [2.75, 3.05) is 5.32 Å². The summed E-state index contributed by atoms with van der Waals surface area (Å²) in [6, 6.07) is 6.81. The Morgan fingerprint density at radius 1 is 1.18 bits per heavy atom. The highest BCUT2D eigenvalue weighted by Gasteiger charge is 2.16. The maximum Gasteiger partial charge on any atom is 0.328 e. The number of nitrogens with zero attached hydrogens (tertiary/aromatic N) is 2. The summed E-state index contributed by atoms with van der Waals surface area (Å²) in [5, 5.41) is 15.6. The second kappa shape index (κ2) is 6.43. The molecule has 1 heterocycles. The third-order valence-corrected chi connectivity index (χ3v) is 3.45. The summed E-state index contributed by atoms with van der Waals surface area (Å²) in [6.45, 7) is 5.71. The molecule has 0 aliphatic carbocycles. The van der Waals surface area contributed by atoms with Crippen LogP contribution in [-0.4, -0.2) is 26.8 Å². The summed E-state index contributed by atoms with van der Waals surface area (Å²) in [5.41, 5.74) is 2.20. The van der Waals surface area contributed by atoms with Crippen molar-refractivity contribution >= 4 is 17.6 Å². The number of carboxylic acids is 1. The lowest BCUT2D eigenvalue weighted by atomic mass is 10.0. The number of hydrogen-bond acceptors (Lipinski definition) is 3. The molecule has 1 atom stereocenters. The van der Waals surface area contributed by atoms with Crippen LogP contribution in [0.5, 0.6) is 0 Å². The highest BCUT2D eigenvalue weighted by molar-refractivity contribution is 6.03. The van der Waals surface area contributed by atoms with Gasteiger partial charge in [-0.2, -0.15) is 5.10 Å². The van der Waals surface area contributed by atoms with Crippen LogP contribution in [0, 0.1) is 0 Å². The SMILES string of the molecule is CC(C)c1ccc(NC(=O)c2cnn(C(C)C(=O)O)c2)cc1. The van der Waals surface area contributed by atoms with Crippen molar-refractivity contribution in [2.45, 2.75) is 32.7 Å². The van der Waals surface area contributed by atoms with E-state index in [1.54, 1.807) is 0 Å². The Balaban J connectivity index is 2.07. The van der Waals surface area contributed by atoms with Gasteiger partial charge in [0, 0.05) is 11.9 Å². The summed E-state index contributed by atoms with van der Waals surface area (Å²) in [6.07, 6.45) is 2.79. The molecule has 2 rings (SSSR count). The van der Waals surface area contributed by atoms with Gasteiger partial charge >= 0.3 is 5.97 Å². The molecule has 1 unspecified atom stereocenters. The molecule has 0 saturated carbocycles. The monoisotopic (exact) mass is 301 g/mol. The summed E-state index contributed by atoms with van der Waals surface area (Å²) in [5.74, 6) is -0.888. The van der Waals surface area contributed by atoms with Crippen molar-refractivity contribution < 1.29 is 14.7 Å². The predicted molar refractivity (Wildman–Crippen MR) is 83.1 cm³/mol. The minimum Gasteiger partial charge on any atom is -0.480 e. The van der Waals surface area contributed by atoms with Crippen molar-refractivity contribution in [3.8, 4) is 0 Å². The number of benzene rings is 1. The Kier molecular flexibility index (Phi) is 4.60. The number of nitrogens with one attached hydrogen (secondary N) is 1. The quantitative estimate of drug-likeness (QED) is 0.889. The van der Waals surface area contributed by atoms with E-state index in [9.17, 15) is 9.59 Å². The van der Waals surface area contributed by atoms with Gasteiger partial charge in [0.2, 0.25) is 0 Å². The van der Waals surface area contributed by atoms with Gasteiger partial charge in [-0.05, 0) is 30.5 Å². The first-order valence-electron chi connectivity index (χ1n) is 7.06. The van der Waals surface area contributed by atoms with E-state index in [0.29, 0.717) is 17.2 Å². The number of carboxylic acid groups (broad SMARTS) is 1. The molecule has 2 N–H and O–H groups in total. The number of rotatable bonds is 5. The fourth-order valence-electron chi connectivity index (χ4n) is 1.93. The van der Waals surface area contributed by atoms with Gasteiger partial charge in [0.15, 0.2) is 0 Å². The lowest BCUT2D eigenvalue weighted by Crippen LogP contribution is -2.16. The Hall–Kier alpha value is -2.63. The summed E-state index contributed by atoms with van der Waals surface area (Å²) < 4.78 is 1.25. The molecular weight excluding hydrogens is 282 g/mol. The molecule has 0 aliphatic rings. The average Bonchev–Trinajstić information content (AvgIpc) is 2.96. The molecule has 22 heavy (non-hydrogen) atoms. The van der Waals surface area contributed by atoms with Crippen LogP contribution in [0.4, 0.5) is 5.69 Å². The smallest absolute Gasteiger partial charge is 0.328 e. The molecule has 0 saturated heterocycles. The van der Waals surface area contributed by atoms with E-state index in [1.807, 2.05) is 24.3 Å². The molecule has 6 nitrogen and oxygen atoms in total. The van der Waals surface area contributed by atoms with Crippen molar-refractivity contribution in [2.24, 2.45) is 0 Å². The molecule has 1 aromatic carbocycles. The zero-order chi connectivity index (χ0) is 16.3. The molecule has 0 bridgehead atoms. The normalized spacial score (nSPS) is 12.2. The molecular formula is C16H19N3O3. The largest absolute Gasteiger partial charge is 0.480 e. The summed E-state index contributed by atoms with van der Waals surface area (Å²) in [7, 11) is 0. The fourth-order valence-corrected chi connectivity index (χ4v) is 1.93. The number of carbonyl (C=O) groups excluding carboxylic acids is 1. The summed E-state index contributed by atoms with van der Waals surface area (Å²) in [4.78, 5) is 23.0. The predicted octanol–water partition coefficient (Wildman–Crippen LogP) is 2.90. The van der Waals surface area contributed by atoms with E-state index in [0.717, 1.165) is 0 Å². The second-order valence-corrected chi connectivity index (χ2v) is 5.45. The van der Waals surface area contributed by atoms with E-state index >= 15 is 0 Å². The second-order valence-electron chi connectivity index (χ2n) is 5.45. The van der Waals surface area contributed by atoms with Crippen molar-refractivity contribution in [3.05, 3.63) is 47.8 Å². The summed E-state index contributed by atoms with van der Waals surface area (Å²) >= 11 is 0. The van der Waals surface area contributed by atoms with Gasteiger partial charge in [-0.3, -0.25) is 9.48 Å². The zero-order valence-electron chi connectivity index (χ0n) is 12.8. The van der Waals surface area contributed by atoms with Crippen LogP contribution < -0.4 is 5.32 Å². The van der Waals surface area contributed by atoms with Crippen LogP contribution in [0.2, 0.25) is 0 Å². The Morgan fingerprint density at radius 3 is 2.36 bits per heavy atom. The maximum atomic E-state index is 12.1. The van der Waals surface area contributed by atoms with E-state index in [2.05, 4.69) is 24.3 Å². The van der Waals surface area contributed by atoms with Crippen LogP contribution in [-0.2, 0) is 4.79 Å². The van der Waals surface area contributed by atoms with Crippen LogP contribution in [0.15, 0.2) is 36.7 Å². The average molecular weight is 301 g/mol. The molecule has 1 aromatic heterocycles.